The van der Waals surface area contributed by atoms with Crippen LogP contribution in [0, 0.1) is 10.7 Å². The van der Waals surface area contributed by atoms with E-state index in [1.807, 2.05) is 24.3 Å². The molecule has 1 N–H and O–H groups in total. The molecule has 0 heterocycles. The number of rotatable bonds is 4. The summed E-state index contributed by atoms with van der Waals surface area (Å²) in [5, 5.41) is 9.02. The van der Waals surface area contributed by atoms with Crippen LogP contribution in [0.4, 0.5) is 0 Å². The summed E-state index contributed by atoms with van der Waals surface area (Å²) in [6.07, 6.45) is 0. The molecule has 0 fully saturated rings. The standard InChI is InChI=1S/C14H9I3O3/c15-10-4-2-1-3-8(10)7-20-13-11(16)5-9(14(18)19)6-12(13)17/h1-6H,7H2,(H,18,19). The average molecular weight is 606 g/mol. The Labute approximate surface area is 157 Å². The highest BCUT2D eigenvalue weighted by Crippen LogP contribution is 2.30. The highest BCUT2D eigenvalue weighted by Gasteiger charge is 2.13. The molecule has 0 saturated carbocycles. The Morgan fingerprint density at radius 1 is 1.05 bits per heavy atom. The van der Waals surface area contributed by atoms with Crippen molar-refractivity contribution in [3.05, 3.63) is 58.2 Å². The predicted octanol–water partition coefficient (Wildman–Crippen LogP) is 4.78. The minimum atomic E-state index is -0.926. The molecule has 0 radical (unpaired) electrons. The molecular formula is C14H9I3O3. The van der Waals surface area contributed by atoms with Crippen LogP contribution in [0.25, 0.3) is 0 Å². The van der Waals surface area contributed by atoms with Crippen molar-refractivity contribution in [2.45, 2.75) is 6.61 Å². The quantitative estimate of drug-likeness (QED) is 0.511. The zero-order valence-electron chi connectivity index (χ0n) is 10.1. The highest BCUT2D eigenvalue weighted by molar-refractivity contribution is 14.1. The molecular weight excluding hydrogens is 597 g/mol. The summed E-state index contributed by atoms with van der Waals surface area (Å²) in [7, 11) is 0. The van der Waals surface area contributed by atoms with Gasteiger partial charge in [-0.15, -0.1) is 0 Å². The lowest BCUT2D eigenvalue weighted by Gasteiger charge is -2.12. The normalized spacial score (nSPS) is 10.3. The van der Waals surface area contributed by atoms with Crippen molar-refractivity contribution in [2.24, 2.45) is 0 Å². The van der Waals surface area contributed by atoms with Crippen LogP contribution in [0.15, 0.2) is 36.4 Å². The molecule has 2 aromatic rings. The molecule has 6 heteroatoms. The lowest BCUT2D eigenvalue weighted by molar-refractivity contribution is 0.0696. The zero-order valence-corrected chi connectivity index (χ0v) is 16.5. The summed E-state index contributed by atoms with van der Waals surface area (Å²) < 4.78 is 8.61. The second kappa shape index (κ2) is 7.25. The van der Waals surface area contributed by atoms with Crippen LogP contribution in [0.3, 0.4) is 0 Å². The van der Waals surface area contributed by atoms with Crippen molar-refractivity contribution in [2.75, 3.05) is 0 Å². The molecule has 0 aliphatic rings. The number of carboxylic acid groups (broad SMARTS) is 1. The maximum absolute atomic E-state index is 11.0. The van der Waals surface area contributed by atoms with E-state index in [1.165, 1.54) is 0 Å². The first kappa shape index (κ1) is 16.3. The van der Waals surface area contributed by atoms with Crippen LogP contribution in [-0.4, -0.2) is 11.1 Å². The third kappa shape index (κ3) is 3.97. The van der Waals surface area contributed by atoms with Crippen LogP contribution < -0.4 is 4.74 Å². The van der Waals surface area contributed by atoms with Gasteiger partial charge in [0.25, 0.3) is 0 Å². The van der Waals surface area contributed by atoms with Gasteiger partial charge in [0.2, 0.25) is 0 Å². The number of halogens is 3. The Balaban J connectivity index is 2.22. The SMILES string of the molecule is O=C(O)c1cc(I)c(OCc2ccccc2I)c(I)c1. The van der Waals surface area contributed by atoms with E-state index in [4.69, 9.17) is 9.84 Å². The van der Waals surface area contributed by atoms with E-state index in [0.29, 0.717) is 6.61 Å². The van der Waals surface area contributed by atoms with Crippen LogP contribution in [-0.2, 0) is 6.61 Å². The van der Waals surface area contributed by atoms with Gasteiger partial charge in [-0.05, 0) is 86.0 Å². The second-order valence-electron chi connectivity index (χ2n) is 3.95. The minimum absolute atomic E-state index is 0.278. The molecule has 2 rings (SSSR count). The zero-order chi connectivity index (χ0) is 14.7. The molecule has 3 nitrogen and oxygen atoms in total. The lowest BCUT2D eigenvalue weighted by Crippen LogP contribution is -2.03. The molecule has 0 aliphatic carbocycles. The van der Waals surface area contributed by atoms with Gasteiger partial charge < -0.3 is 9.84 Å². The van der Waals surface area contributed by atoms with E-state index in [0.717, 1.165) is 22.0 Å². The molecule has 0 bridgehead atoms. The molecule has 0 atom stereocenters. The molecule has 0 aromatic heterocycles. The van der Waals surface area contributed by atoms with E-state index in [1.54, 1.807) is 12.1 Å². The maximum atomic E-state index is 11.0. The number of benzene rings is 2. The highest BCUT2D eigenvalue weighted by atomic mass is 127. The molecule has 104 valence electrons. The van der Waals surface area contributed by atoms with Gasteiger partial charge in [0.15, 0.2) is 0 Å². The fourth-order valence-corrected chi connectivity index (χ4v) is 4.21. The summed E-state index contributed by atoms with van der Waals surface area (Å²) in [6, 6.07) is 11.3. The van der Waals surface area contributed by atoms with E-state index in [2.05, 4.69) is 67.8 Å². The number of ether oxygens (including phenoxy) is 1. The lowest BCUT2D eigenvalue weighted by atomic mass is 10.2. The predicted molar refractivity (Wildman–Crippen MR) is 102 cm³/mol. The largest absolute Gasteiger partial charge is 0.487 e. The van der Waals surface area contributed by atoms with E-state index < -0.39 is 5.97 Å². The molecule has 0 aliphatic heterocycles. The second-order valence-corrected chi connectivity index (χ2v) is 7.44. The summed E-state index contributed by atoms with van der Waals surface area (Å²) >= 11 is 6.48. The van der Waals surface area contributed by atoms with Gasteiger partial charge in [0.05, 0.1) is 12.7 Å². The van der Waals surface area contributed by atoms with Crippen molar-refractivity contribution in [1.29, 1.82) is 0 Å². The van der Waals surface area contributed by atoms with E-state index in [9.17, 15) is 4.79 Å². The number of carboxylic acids is 1. The topological polar surface area (TPSA) is 46.5 Å². The Morgan fingerprint density at radius 2 is 1.65 bits per heavy atom. The van der Waals surface area contributed by atoms with Crippen LogP contribution >= 0.6 is 67.8 Å². The number of hydrogen-bond acceptors (Lipinski definition) is 2. The van der Waals surface area contributed by atoms with Crippen molar-refractivity contribution >= 4 is 73.7 Å². The molecule has 0 saturated heterocycles. The molecule has 0 spiro atoms. The first-order valence-electron chi connectivity index (χ1n) is 5.57. The van der Waals surface area contributed by atoms with E-state index >= 15 is 0 Å². The number of hydrogen-bond donors (Lipinski definition) is 1. The summed E-state index contributed by atoms with van der Waals surface area (Å²) in [4.78, 5) is 11.0. The van der Waals surface area contributed by atoms with Crippen LogP contribution in [0.5, 0.6) is 5.75 Å². The third-order valence-electron chi connectivity index (χ3n) is 2.58. The smallest absolute Gasteiger partial charge is 0.335 e. The summed E-state index contributed by atoms with van der Waals surface area (Å²) in [5.41, 5.74) is 1.39. The van der Waals surface area contributed by atoms with Gasteiger partial charge in [0, 0.05) is 9.13 Å². The molecule has 2 aromatic carbocycles. The monoisotopic (exact) mass is 606 g/mol. The molecule has 0 unspecified atom stereocenters. The number of aromatic carboxylic acids is 1. The Bertz CT molecular complexity index is 633. The third-order valence-corrected chi connectivity index (χ3v) is 5.23. The van der Waals surface area contributed by atoms with Gasteiger partial charge in [-0.2, -0.15) is 0 Å². The van der Waals surface area contributed by atoms with Crippen molar-refractivity contribution in [3.8, 4) is 5.75 Å². The summed E-state index contributed by atoms with van der Waals surface area (Å²) in [6.45, 7) is 0.470. The average Bonchev–Trinajstić information content (AvgIpc) is 2.39. The Kier molecular flexibility index (Phi) is 5.90. The Hall–Kier alpha value is -0.1000. The first-order valence-corrected chi connectivity index (χ1v) is 8.81. The van der Waals surface area contributed by atoms with Crippen molar-refractivity contribution < 1.29 is 14.6 Å². The summed E-state index contributed by atoms with van der Waals surface area (Å²) in [5.74, 6) is -0.194. The van der Waals surface area contributed by atoms with E-state index in [-0.39, 0.29) is 5.56 Å². The van der Waals surface area contributed by atoms with Gasteiger partial charge in [-0.25, -0.2) is 4.79 Å². The fourth-order valence-electron chi connectivity index (χ4n) is 1.59. The fraction of sp³-hybridized carbons (Fsp3) is 0.0714. The van der Waals surface area contributed by atoms with Crippen LogP contribution in [0.2, 0.25) is 0 Å². The van der Waals surface area contributed by atoms with Gasteiger partial charge >= 0.3 is 5.97 Å². The minimum Gasteiger partial charge on any atom is -0.487 e. The van der Waals surface area contributed by atoms with Crippen LogP contribution in [0.1, 0.15) is 15.9 Å². The van der Waals surface area contributed by atoms with Crippen molar-refractivity contribution in [1.82, 2.24) is 0 Å². The van der Waals surface area contributed by atoms with Gasteiger partial charge in [-0.3, -0.25) is 0 Å². The Morgan fingerprint density at radius 3 is 2.20 bits per heavy atom. The number of carbonyl (C=O) groups is 1. The maximum Gasteiger partial charge on any atom is 0.335 e. The molecule has 20 heavy (non-hydrogen) atoms. The van der Waals surface area contributed by atoms with Crippen molar-refractivity contribution in [3.63, 3.8) is 0 Å². The van der Waals surface area contributed by atoms with Gasteiger partial charge in [0.1, 0.15) is 12.4 Å². The molecule has 0 amide bonds. The first-order chi connectivity index (χ1) is 9.49. The van der Waals surface area contributed by atoms with Gasteiger partial charge in [-0.1, -0.05) is 18.2 Å².